The lowest BCUT2D eigenvalue weighted by atomic mass is 10.00. The fourth-order valence-electron chi connectivity index (χ4n) is 3.37. The molecule has 0 fully saturated rings. The Morgan fingerprint density at radius 3 is 2.79 bits per heavy atom. The molecular formula is C23H17N5O. The molecule has 6 heteroatoms. The maximum absolute atomic E-state index is 13.2. The molecule has 0 bridgehead atoms. The van der Waals surface area contributed by atoms with E-state index in [9.17, 15) is 10.1 Å². The van der Waals surface area contributed by atoms with Gasteiger partial charge in [-0.3, -0.25) is 9.69 Å². The van der Waals surface area contributed by atoms with Crippen LogP contribution >= 0.6 is 0 Å². The second kappa shape index (κ2) is 7.84. The van der Waals surface area contributed by atoms with Crippen molar-refractivity contribution in [2.75, 3.05) is 16.8 Å². The number of aromatic nitrogens is 2. The molecule has 1 aliphatic heterocycles. The molecule has 1 N–H and O–H groups in total. The summed E-state index contributed by atoms with van der Waals surface area (Å²) in [7, 11) is 0. The molecule has 2 aromatic carbocycles. The number of rotatable bonds is 3. The number of fused-ring (bicyclic) bond motifs is 2. The van der Waals surface area contributed by atoms with Crippen LogP contribution in [0, 0.1) is 23.2 Å². The van der Waals surface area contributed by atoms with Crippen molar-refractivity contribution in [3.05, 3.63) is 77.2 Å². The summed E-state index contributed by atoms with van der Waals surface area (Å²) in [5.74, 6) is 6.21. The maximum Gasteiger partial charge on any atom is 0.259 e. The van der Waals surface area contributed by atoms with E-state index in [1.807, 2.05) is 48.5 Å². The lowest BCUT2D eigenvalue weighted by Gasteiger charge is -2.21. The van der Waals surface area contributed by atoms with E-state index in [0.29, 0.717) is 24.3 Å². The molecule has 1 aliphatic rings. The van der Waals surface area contributed by atoms with Crippen LogP contribution in [0.15, 0.2) is 54.9 Å². The van der Waals surface area contributed by atoms with Crippen LogP contribution in [0.2, 0.25) is 0 Å². The van der Waals surface area contributed by atoms with E-state index in [4.69, 9.17) is 0 Å². The van der Waals surface area contributed by atoms with E-state index in [-0.39, 0.29) is 11.6 Å². The molecule has 0 spiro atoms. The number of carbonyl (C=O) groups is 1. The van der Waals surface area contributed by atoms with E-state index in [0.717, 1.165) is 22.5 Å². The molecule has 1 amide bonds. The zero-order chi connectivity index (χ0) is 20.2. The van der Waals surface area contributed by atoms with Gasteiger partial charge in [0.05, 0.1) is 6.54 Å². The largest absolute Gasteiger partial charge is 0.338 e. The highest BCUT2D eigenvalue weighted by atomic mass is 16.2. The molecule has 0 aliphatic carbocycles. The van der Waals surface area contributed by atoms with Gasteiger partial charge in [-0.2, -0.15) is 5.26 Å². The van der Waals surface area contributed by atoms with Crippen LogP contribution < -0.4 is 10.2 Å². The predicted molar refractivity (Wildman–Crippen MR) is 111 cm³/mol. The van der Waals surface area contributed by atoms with Crippen molar-refractivity contribution in [3.8, 4) is 17.9 Å². The van der Waals surface area contributed by atoms with Crippen molar-refractivity contribution in [2.24, 2.45) is 0 Å². The highest BCUT2D eigenvalue weighted by molar-refractivity contribution is 6.09. The van der Waals surface area contributed by atoms with Crippen molar-refractivity contribution >= 4 is 23.1 Å². The van der Waals surface area contributed by atoms with Gasteiger partial charge in [0, 0.05) is 35.8 Å². The standard InChI is InChI=1S/C23H17N5O/c1-2-3-12-28-21-9-8-18(27-22-20(15-24)25-10-11-26-22)14-17(21)13-16-6-4-5-7-19(16)23(28)29/h4-11,14H,12-13H2,1H3,(H,26,27). The molecule has 0 unspecified atom stereocenters. The fraction of sp³-hybridized carbons (Fsp3) is 0.130. The molecule has 29 heavy (non-hydrogen) atoms. The zero-order valence-corrected chi connectivity index (χ0v) is 15.8. The van der Waals surface area contributed by atoms with Gasteiger partial charge in [-0.25, -0.2) is 9.97 Å². The minimum Gasteiger partial charge on any atom is -0.338 e. The van der Waals surface area contributed by atoms with Gasteiger partial charge < -0.3 is 5.32 Å². The first-order valence-corrected chi connectivity index (χ1v) is 9.11. The van der Waals surface area contributed by atoms with Crippen molar-refractivity contribution in [3.63, 3.8) is 0 Å². The van der Waals surface area contributed by atoms with Crippen LogP contribution in [0.25, 0.3) is 0 Å². The van der Waals surface area contributed by atoms with Gasteiger partial charge in [-0.15, -0.1) is 5.92 Å². The zero-order valence-electron chi connectivity index (χ0n) is 15.8. The normalized spacial score (nSPS) is 12.0. The number of benzene rings is 2. The molecule has 0 atom stereocenters. The summed E-state index contributed by atoms with van der Waals surface area (Å²) in [6, 6.07) is 15.4. The number of carbonyl (C=O) groups excluding carboxylic acids is 1. The van der Waals surface area contributed by atoms with E-state index < -0.39 is 0 Å². The van der Waals surface area contributed by atoms with Crippen LogP contribution in [0.3, 0.4) is 0 Å². The minimum absolute atomic E-state index is 0.0523. The van der Waals surface area contributed by atoms with Gasteiger partial charge in [0.1, 0.15) is 6.07 Å². The average molecular weight is 379 g/mol. The lowest BCUT2D eigenvalue weighted by molar-refractivity contribution is 0.0990. The minimum atomic E-state index is -0.0523. The number of nitrogens with one attached hydrogen (secondary N) is 1. The topological polar surface area (TPSA) is 81.9 Å². The lowest BCUT2D eigenvalue weighted by Crippen LogP contribution is -2.31. The third-order valence-corrected chi connectivity index (χ3v) is 4.72. The molecule has 0 radical (unpaired) electrons. The molecule has 0 saturated heterocycles. The highest BCUT2D eigenvalue weighted by Crippen LogP contribution is 2.33. The Labute approximate surface area is 168 Å². The summed E-state index contributed by atoms with van der Waals surface area (Å²) in [6.07, 6.45) is 3.64. The second-order valence-electron chi connectivity index (χ2n) is 6.49. The number of nitriles is 1. The van der Waals surface area contributed by atoms with E-state index in [1.165, 1.54) is 12.4 Å². The van der Waals surface area contributed by atoms with Gasteiger partial charge in [-0.05, 0) is 42.3 Å². The highest BCUT2D eigenvalue weighted by Gasteiger charge is 2.26. The Hall–Kier alpha value is -4.16. The van der Waals surface area contributed by atoms with Gasteiger partial charge >= 0.3 is 0 Å². The third kappa shape index (κ3) is 3.52. The number of hydrogen-bond acceptors (Lipinski definition) is 5. The summed E-state index contributed by atoms with van der Waals surface area (Å²) < 4.78 is 0. The first-order valence-electron chi connectivity index (χ1n) is 9.11. The van der Waals surface area contributed by atoms with Gasteiger partial charge in [0.25, 0.3) is 5.91 Å². The van der Waals surface area contributed by atoms with Crippen molar-refractivity contribution < 1.29 is 4.79 Å². The number of hydrogen-bond donors (Lipinski definition) is 1. The van der Waals surface area contributed by atoms with Crippen molar-refractivity contribution in [2.45, 2.75) is 13.3 Å². The number of nitrogens with zero attached hydrogens (tertiary/aromatic N) is 4. The summed E-state index contributed by atoms with van der Waals surface area (Å²) in [5.41, 5.74) is 4.49. The van der Waals surface area contributed by atoms with E-state index in [1.54, 1.807) is 11.8 Å². The Morgan fingerprint density at radius 1 is 1.14 bits per heavy atom. The second-order valence-corrected chi connectivity index (χ2v) is 6.49. The quantitative estimate of drug-likeness (QED) is 0.702. The van der Waals surface area contributed by atoms with E-state index in [2.05, 4.69) is 27.1 Å². The molecular weight excluding hydrogens is 362 g/mol. The Balaban J connectivity index is 1.78. The number of anilines is 3. The molecule has 0 saturated carbocycles. The first kappa shape index (κ1) is 18.2. The Kier molecular flexibility index (Phi) is 4.92. The maximum atomic E-state index is 13.2. The fourth-order valence-corrected chi connectivity index (χ4v) is 3.37. The predicted octanol–water partition coefficient (Wildman–Crippen LogP) is 3.67. The van der Waals surface area contributed by atoms with Gasteiger partial charge in [0.2, 0.25) is 0 Å². The average Bonchev–Trinajstić information content (AvgIpc) is 2.86. The van der Waals surface area contributed by atoms with Crippen molar-refractivity contribution in [1.82, 2.24) is 9.97 Å². The SMILES string of the molecule is CC#CCN1C(=O)c2ccccc2Cc2cc(Nc3nccnc3C#N)ccc21. The Bertz CT molecular complexity index is 1200. The van der Waals surface area contributed by atoms with Crippen LogP contribution in [0.1, 0.15) is 34.1 Å². The van der Waals surface area contributed by atoms with Crippen LogP contribution in [-0.2, 0) is 6.42 Å². The summed E-state index contributed by atoms with van der Waals surface area (Å²) in [4.78, 5) is 23.1. The molecule has 140 valence electrons. The van der Waals surface area contributed by atoms with Crippen molar-refractivity contribution in [1.29, 1.82) is 5.26 Å². The third-order valence-electron chi connectivity index (χ3n) is 4.72. The van der Waals surface area contributed by atoms with E-state index >= 15 is 0 Å². The van der Waals surface area contributed by atoms with Crippen LogP contribution in [0.5, 0.6) is 0 Å². The molecule has 4 rings (SSSR count). The molecule has 3 aromatic rings. The van der Waals surface area contributed by atoms with Crippen LogP contribution in [-0.4, -0.2) is 22.4 Å². The molecule has 1 aromatic heterocycles. The summed E-state index contributed by atoms with van der Waals surface area (Å²) >= 11 is 0. The summed E-state index contributed by atoms with van der Waals surface area (Å²) in [6.45, 7) is 2.09. The van der Waals surface area contributed by atoms with Gasteiger partial charge in [-0.1, -0.05) is 24.1 Å². The first-order chi connectivity index (χ1) is 14.2. The Morgan fingerprint density at radius 2 is 1.97 bits per heavy atom. The monoisotopic (exact) mass is 379 g/mol. The summed E-state index contributed by atoms with van der Waals surface area (Å²) in [5, 5.41) is 12.4. The van der Waals surface area contributed by atoms with Gasteiger partial charge in [0.15, 0.2) is 11.5 Å². The smallest absolute Gasteiger partial charge is 0.259 e. The number of amides is 1. The molecule has 6 nitrogen and oxygen atoms in total. The van der Waals surface area contributed by atoms with Crippen LogP contribution in [0.4, 0.5) is 17.2 Å². The molecule has 2 heterocycles.